The van der Waals surface area contributed by atoms with E-state index in [1.165, 1.54) is 35.6 Å². The average Bonchev–Trinajstić information content (AvgIpc) is 3.45. The lowest BCUT2D eigenvalue weighted by Gasteiger charge is -2.07. The number of aryl methyl sites for hydroxylation is 2. The Kier molecular flexibility index (Phi) is 6.70. The topological polar surface area (TPSA) is 121 Å². The van der Waals surface area contributed by atoms with Crippen LogP contribution in [-0.2, 0) is 29.0 Å². The SMILES string of the molecule is Cc1nc(COc2ccc(F)cc2)sc1C(=O)OCC(=O)Nc1sc2c(c1C(N)=O)CCC2. The van der Waals surface area contributed by atoms with Gasteiger partial charge in [0.15, 0.2) is 6.61 Å². The quantitative estimate of drug-likeness (QED) is 0.467. The second-order valence-corrected chi connectivity index (χ2v) is 9.50. The number of carbonyl (C=O) groups is 3. The molecule has 2 aromatic heterocycles. The molecule has 0 spiro atoms. The molecule has 0 aliphatic heterocycles. The van der Waals surface area contributed by atoms with Gasteiger partial charge in [0.25, 0.3) is 11.8 Å². The normalized spacial score (nSPS) is 12.3. The minimum absolute atomic E-state index is 0.101. The van der Waals surface area contributed by atoms with Crippen LogP contribution >= 0.6 is 22.7 Å². The number of ether oxygens (including phenoxy) is 2. The molecule has 11 heteroatoms. The van der Waals surface area contributed by atoms with Gasteiger partial charge in [0.2, 0.25) is 0 Å². The molecule has 0 saturated carbocycles. The molecule has 1 aromatic carbocycles. The number of carbonyl (C=O) groups excluding carboxylic acids is 3. The Morgan fingerprint density at radius 3 is 2.67 bits per heavy atom. The number of anilines is 1. The van der Waals surface area contributed by atoms with Gasteiger partial charge in [-0.25, -0.2) is 14.2 Å². The standard InChI is InChI=1S/C22H20FN3O5S2/c1-11-19(33-17(25-11)10-30-13-7-5-12(23)6-8-13)22(29)31-9-16(27)26-21-18(20(24)28)14-3-2-4-15(14)32-21/h5-8H,2-4,9-10H2,1H3,(H2,24,28)(H,26,27). The Hall–Kier alpha value is -3.31. The summed E-state index contributed by atoms with van der Waals surface area (Å²) in [6.45, 7) is 1.24. The minimum Gasteiger partial charge on any atom is -0.486 e. The number of primary amides is 1. The van der Waals surface area contributed by atoms with Gasteiger partial charge in [0.05, 0.1) is 11.3 Å². The van der Waals surface area contributed by atoms with Crippen molar-refractivity contribution in [2.75, 3.05) is 11.9 Å². The predicted octanol–water partition coefficient (Wildman–Crippen LogP) is 3.61. The molecule has 1 aliphatic rings. The highest BCUT2D eigenvalue weighted by Gasteiger charge is 2.26. The number of nitrogens with two attached hydrogens (primary N) is 1. The molecule has 0 atom stereocenters. The Balaban J connectivity index is 1.33. The van der Waals surface area contributed by atoms with Crippen molar-refractivity contribution in [2.45, 2.75) is 32.8 Å². The highest BCUT2D eigenvalue weighted by molar-refractivity contribution is 7.17. The Morgan fingerprint density at radius 1 is 1.18 bits per heavy atom. The smallest absolute Gasteiger partial charge is 0.350 e. The molecule has 0 unspecified atom stereocenters. The highest BCUT2D eigenvalue weighted by Crippen LogP contribution is 2.38. The summed E-state index contributed by atoms with van der Waals surface area (Å²) in [7, 11) is 0. The fourth-order valence-corrected chi connectivity index (χ4v) is 5.67. The lowest BCUT2D eigenvalue weighted by molar-refractivity contribution is -0.119. The molecule has 4 rings (SSSR count). The van der Waals surface area contributed by atoms with Gasteiger partial charge in [-0.1, -0.05) is 0 Å². The van der Waals surface area contributed by atoms with Crippen LogP contribution in [0, 0.1) is 12.7 Å². The zero-order valence-corrected chi connectivity index (χ0v) is 19.2. The molecule has 3 aromatic rings. The van der Waals surface area contributed by atoms with E-state index >= 15 is 0 Å². The lowest BCUT2D eigenvalue weighted by atomic mass is 10.1. The van der Waals surface area contributed by atoms with Crippen molar-refractivity contribution >= 4 is 45.5 Å². The third-order valence-corrected chi connectivity index (χ3v) is 7.28. The number of hydrogen-bond acceptors (Lipinski definition) is 8. The van der Waals surface area contributed by atoms with Gasteiger partial charge in [-0.15, -0.1) is 22.7 Å². The minimum atomic E-state index is -0.683. The fraction of sp³-hybridized carbons (Fsp3) is 0.273. The summed E-state index contributed by atoms with van der Waals surface area (Å²) in [6, 6.07) is 5.56. The summed E-state index contributed by atoms with van der Waals surface area (Å²) >= 11 is 2.42. The first-order valence-electron chi connectivity index (χ1n) is 10.1. The van der Waals surface area contributed by atoms with Gasteiger partial charge in [-0.05, 0) is 56.0 Å². The number of fused-ring (bicyclic) bond motifs is 1. The van der Waals surface area contributed by atoms with Crippen molar-refractivity contribution in [3.05, 3.63) is 61.7 Å². The molecular formula is C22H20FN3O5S2. The first-order valence-corrected chi connectivity index (χ1v) is 11.7. The van der Waals surface area contributed by atoms with Crippen molar-refractivity contribution in [2.24, 2.45) is 5.73 Å². The second kappa shape index (κ2) is 9.67. The number of benzene rings is 1. The number of esters is 1. The number of halogens is 1. The number of aromatic nitrogens is 1. The summed E-state index contributed by atoms with van der Waals surface area (Å²) in [5, 5.41) is 3.56. The number of thiophene rings is 1. The number of amides is 2. The molecule has 1 aliphatic carbocycles. The highest BCUT2D eigenvalue weighted by atomic mass is 32.1. The van der Waals surface area contributed by atoms with Crippen molar-refractivity contribution in [3.8, 4) is 5.75 Å². The Labute approximate surface area is 196 Å². The van der Waals surface area contributed by atoms with Crippen LogP contribution in [0.25, 0.3) is 0 Å². The van der Waals surface area contributed by atoms with Gasteiger partial charge in [-0.3, -0.25) is 9.59 Å². The number of hydrogen-bond donors (Lipinski definition) is 2. The molecule has 8 nitrogen and oxygen atoms in total. The van der Waals surface area contributed by atoms with E-state index in [9.17, 15) is 18.8 Å². The maximum absolute atomic E-state index is 13.0. The molecule has 33 heavy (non-hydrogen) atoms. The van der Waals surface area contributed by atoms with E-state index in [0.29, 0.717) is 27.0 Å². The maximum Gasteiger partial charge on any atom is 0.350 e. The van der Waals surface area contributed by atoms with E-state index in [1.807, 2.05) is 0 Å². The van der Waals surface area contributed by atoms with Crippen LogP contribution in [0.15, 0.2) is 24.3 Å². The zero-order valence-electron chi connectivity index (χ0n) is 17.6. The fourth-order valence-electron chi connectivity index (χ4n) is 3.49. The van der Waals surface area contributed by atoms with E-state index in [0.717, 1.165) is 41.0 Å². The largest absolute Gasteiger partial charge is 0.486 e. The first-order chi connectivity index (χ1) is 15.8. The molecule has 0 bridgehead atoms. The number of rotatable bonds is 8. The predicted molar refractivity (Wildman–Crippen MR) is 121 cm³/mol. The van der Waals surface area contributed by atoms with E-state index in [-0.39, 0.29) is 17.3 Å². The van der Waals surface area contributed by atoms with Crippen molar-refractivity contribution in [1.29, 1.82) is 0 Å². The second-order valence-electron chi connectivity index (χ2n) is 7.31. The summed E-state index contributed by atoms with van der Waals surface area (Å²) in [5.41, 5.74) is 7.19. The van der Waals surface area contributed by atoms with Gasteiger partial charge >= 0.3 is 5.97 Å². The summed E-state index contributed by atoms with van der Waals surface area (Å²) in [6.07, 6.45) is 2.56. The molecule has 0 radical (unpaired) electrons. The third-order valence-electron chi connectivity index (χ3n) is 4.96. The molecule has 3 N–H and O–H groups in total. The van der Waals surface area contributed by atoms with Crippen LogP contribution in [0.3, 0.4) is 0 Å². The van der Waals surface area contributed by atoms with Crippen LogP contribution in [-0.4, -0.2) is 29.4 Å². The first kappa shape index (κ1) is 22.9. The monoisotopic (exact) mass is 489 g/mol. The van der Waals surface area contributed by atoms with Crippen LogP contribution < -0.4 is 15.8 Å². The average molecular weight is 490 g/mol. The van der Waals surface area contributed by atoms with Crippen LogP contribution in [0.1, 0.15) is 47.6 Å². The van der Waals surface area contributed by atoms with Crippen molar-refractivity contribution in [1.82, 2.24) is 4.98 Å². The van der Waals surface area contributed by atoms with E-state index in [4.69, 9.17) is 15.2 Å². The Bertz CT molecular complexity index is 1220. The summed E-state index contributed by atoms with van der Waals surface area (Å²) in [5.74, 6) is -1.72. The van der Waals surface area contributed by atoms with E-state index < -0.39 is 24.4 Å². The van der Waals surface area contributed by atoms with Gasteiger partial charge in [-0.2, -0.15) is 0 Å². The van der Waals surface area contributed by atoms with Gasteiger partial charge < -0.3 is 20.5 Å². The third kappa shape index (κ3) is 5.20. The number of nitrogens with zero attached hydrogens (tertiary/aromatic N) is 1. The number of thiazole rings is 1. The summed E-state index contributed by atoms with van der Waals surface area (Å²) < 4.78 is 23.7. The summed E-state index contributed by atoms with van der Waals surface area (Å²) in [4.78, 5) is 42.2. The van der Waals surface area contributed by atoms with Gasteiger partial charge in [0.1, 0.15) is 33.1 Å². The molecule has 172 valence electrons. The van der Waals surface area contributed by atoms with Crippen molar-refractivity contribution in [3.63, 3.8) is 0 Å². The van der Waals surface area contributed by atoms with Crippen LogP contribution in [0.2, 0.25) is 0 Å². The molecule has 2 amide bonds. The molecule has 0 fully saturated rings. The Morgan fingerprint density at radius 2 is 1.94 bits per heavy atom. The van der Waals surface area contributed by atoms with Crippen LogP contribution in [0.4, 0.5) is 9.39 Å². The molecule has 2 heterocycles. The van der Waals surface area contributed by atoms with Crippen molar-refractivity contribution < 1.29 is 28.2 Å². The van der Waals surface area contributed by atoms with E-state index in [2.05, 4.69) is 10.3 Å². The number of nitrogens with one attached hydrogen (secondary N) is 1. The van der Waals surface area contributed by atoms with Gasteiger partial charge in [0, 0.05) is 4.88 Å². The lowest BCUT2D eigenvalue weighted by Crippen LogP contribution is -2.22. The zero-order chi connectivity index (χ0) is 23.5. The van der Waals surface area contributed by atoms with E-state index in [1.54, 1.807) is 6.92 Å². The molecular weight excluding hydrogens is 469 g/mol. The molecule has 0 saturated heterocycles. The maximum atomic E-state index is 13.0. The van der Waals surface area contributed by atoms with Crippen LogP contribution in [0.5, 0.6) is 5.75 Å².